The van der Waals surface area contributed by atoms with Gasteiger partial charge < -0.3 is 10.3 Å². The molecule has 0 amide bonds. The number of rotatable bonds is 5. The average Bonchev–Trinajstić information content (AvgIpc) is 3.19. The molecule has 2 aromatic heterocycles. The number of nitrogens with one attached hydrogen (secondary N) is 3. The minimum absolute atomic E-state index is 0.0271. The van der Waals surface area contributed by atoms with Gasteiger partial charge in [0.15, 0.2) is 0 Å². The van der Waals surface area contributed by atoms with Crippen molar-refractivity contribution in [2.75, 3.05) is 6.54 Å². The van der Waals surface area contributed by atoms with Crippen LogP contribution in [0.3, 0.4) is 0 Å². The van der Waals surface area contributed by atoms with E-state index in [0.717, 1.165) is 42.4 Å². The third-order valence-corrected chi connectivity index (χ3v) is 5.11. The zero-order valence-electron chi connectivity index (χ0n) is 14.9. The van der Waals surface area contributed by atoms with E-state index < -0.39 is 11.6 Å². The fourth-order valence-electron chi connectivity index (χ4n) is 3.79. The van der Waals surface area contributed by atoms with Gasteiger partial charge in [0.1, 0.15) is 11.6 Å². The molecule has 0 saturated carbocycles. The number of nitrogens with zero attached hydrogens (tertiary/aromatic N) is 2. The van der Waals surface area contributed by atoms with Gasteiger partial charge in [0.2, 0.25) is 0 Å². The van der Waals surface area contributed by atoms with Crippen LogP contribution in [0, 0.1) is 11.6 Å². The fourth-order valence-corrected chi connectivity index (χ4v) is 3.79. The molecular formula is C19H23F2N5. The first kappa shape index (κ1) is 17.2. The molecule has 1 aliphatic heterocycles. The second-order valence-electron chi connectivity index (χ2n) is 6.87. The molecule has 2 atom stereocenters. The monoisotopic (exact) mass is 359 g/mol. The molecule has 0 aliphatic carbocycles. The summed E-state index contributed by atoms with van der Waals surface area (Å²) in [6.07, 6.45) is 4.63. The van der Waals surface area contributed by atoms with E-state index in [0.29, 0.717) is 17.3 Å². The van der Waals surface area contributed by atoms with Crippen LogP contribution in [0.1, 0.15) is 42.8 Å². The summed E-state index contributed by atoms with van der Waals surface area (Å²) in [4.78, 5) is 3.19. The highest BCUT2D eigenvalue weighted by molar-refractivity contribution is 5.86. The molecule has 3 heterocycles. The summed E-state index contributed by atoms with van der Waals surface area (Å²) < 4.78 is 29.9. The Balaban J connectivity index is 1.81. The first-order valence-corrected chi connectivity index (χ1v) is 9.05. The van der Waals surface area contributed by atoms with Crippen LogP contribution < -0.4 is 10.6 Å². The molecule has 0 bridgehead atoms. The van der Waals surface area contributed by atoms with Crippen LogP contribution in [0.2, 0.25) is 0 Å². The number of unbranched alkanes of at least 4 members (excludes halogenated alkanes) is 1. The summed E-state index contributed by atoms with van der Waals surface area (Å²) in [5, 5.41) is 12.0. The Morgan fingerprint density at radius 3 is 2.92 bits per heavy atom. The number of benzene rings is 1. The van der Waals surface area contributed by atoms with Crippen LogP contribution in [0.4, 0.5) is 8.78 Å². The Labute approximate surface area is 150 Å². The van der Waals surface area contributed by atoms with Gasteiger partial charge in [-0.15, -0.1) is 0 Å². The molecule has 0 spiro atoms. The Bertz CT molecular complexity index is 930. The van der Waals surface area contributed by atoms with Gasteiger partial charge in [-0.2, -0.15) is 5.10 Å². The number of aromatic amines is 1. The lowest BCUT2D eigenvalue weighted by molar-refractivity contribution is 0.359. The smallest absolute Gasteiger partial charge is 0.150 e. The summed E-state index contributed by atoms with van der Waals surface area (Å²) in [6.45, 7) is 3.05. The molecule has 0 fully saturated rings. The highest BCUT2D eigenvalue weighted by Crippen LogP contribution is 2.35. The lowest BCUT2D eigenvalue weighted by Crippen LogP contribution is -2.49. The number of halogens is 2. The van der Waals surface area contributed by atoms with E-state index in [4.69, 9.17) is 0 Å². The van der Waals surface area contributed by atoms with Crippen LogP contribution in [0.15, 0.2) is 24.4 Å². The van der Waals surface area contributed by atoms with Gasteiger partial charge in [-0.25, -0.2) is 8.78 Å². The normalized spacial score (nSPS) is 19.8. The quantitative estimate of drug-likeness (QED) is 0.614. The molecule has 0 saturated heterocycles. The van der Waals surface area contributed by atoms with Gasteiger partial charge in [0.25, 0.3) is 0 Å². The van der Waals surface area contributed by atoms with Crippen molar-refractivity contribution in [1.82, 2.24) is 25.4 Å². The summed E-state index contributed by atoms with van der Waals surface area (Å²) in [7, 11) is 1.88. The lowest BCUT2D eigenvalue weighted by atomic mass is 9.95. The molecular weight excluding hydrogens is 336 g/mol. The second-order valence-corrected chi connectivity index (χ2v) is 6.87. The van der Waals surface area contributed by atoms with Gasteiger partial charge in [0, 0.05) is 36.8 Å². The van der Waals surface area contributed by atoms with Crippen molar-refractivity contribution in [2.45, 2.75) is 38.4 Å². The molecule has 1 aromatic carbocycles. The van der Waals surface area contributed by atoms with E-state index >= 15 is 0 Å². The van der Waals surface area contributed by atoms with Crippen LogP contribution >= 0.6 is 0 Å². The van der Waals surface area contributed by atoms with Gasteiger partial charge in [-0.1, -0.05) is 13.3 Å². The predicted octanol–water partition coefficient (Wildman–Crippen LogP) is 3.13. The average molecular weight is 359 g/mol. The summed E-state index contributed by atoms with van der Waals surface area (Å²) in [6, 6.07) is 4.12. The molecule has 3 N–H and O–H groups in total. The molecule has 0 unspecified atom stereocenters. The first-order valence-electron chi connectivity index (χ1n) is 9.05. The van der Waals surface area contributed by atoms with Gasteiger partial charge in [-0.3, -0.25) is 10.00 Å². The Kier molecular flexibility index (Phi) is 4.50. The molecule has 26 heavy (non-hydrogen) atoms. The zero-order valence-corrected chi connectivity index (χ0v) is 14.9. The van der Waals surface area contributed by atoms with Crippen LogP contribution in [0.25, 0.3) is 10.9 Å². The van der Waals surface area contributed by atoms with Gasteiger partial charge in [-0.05, 0) is 30.7 Å². The molecule has 5 nitrogen and oxygen atoms in total. The lowest BCUT2D eigenvalue weighted by Gasteiger charge is -2.32. The van der Waals surface area contributed by atoms with Crippen LogP contribution in [0.5, 0.6) is 0 Å². The summed E-state index contributed by atoms with van der Waals surface area (Å²) in [5.41, 5.74) is 3.17. The summed E-state index contributed by atoms with van der Waals surface area (Å²) >= 11 is 0. The number of H-pyrrole nitrogens is 1. The number of aryl methyl sites for hydroxylation is 1. The van der Waals surface area contributed by atoms with Crippen molar-refractivity contribution in [2.24, 2.45) is 7.05 Å². The standard InChI is InChI=1S/C19H23F2N5/c1-3-4-6-22-16-10-13-12-8-11(20)9-14(21)17(12)25-18(13)19(24-16)15-5-7-23-26(15)2/h5,7-9,16,19,22,24-25H,3-4,6,10H2,1-2H3/t16-,19+/m1/s1. The SMILES string of the molecule is CCCCN[C@H]1Cc2c([nH]c3c(F)cc(F)cc23)[C@H](c2ccnn2C)N1. The van der Waals surface area contributed by atoms with Gasteiger partial charge >= 0.3 is 0 Å². The van der Waals surface area contributed by atoms with Crippen molar-refractivity contribution < 1.29 is 8.78 Å². The highest BCUT2D eigenvalue weighted by Gasteiger charge is 2.32. The topological polar surface area (TPSA) is 57.7 Å². The van der Waals surface area contributed by atoms with Crippen molar-refractivity contribution in [3.8, 4) is 0 Å². The highest BCUT2D eigenvalue weighted by atomic mass is 19.1. The van der Waals surface area contributed by atoms with Crippen molar-refractivity contribution in [3.05, 3.63) is 53.0 Å². The zero-order chi connectivity index (χ0) is 18.3. The number of hydrogen-bond acceptors (Lipinski definition) is 3. The minimum Gasteiger partial charge on any atom is -0.354 e. The number of aromatic nitrogens is 3. The maximum Gasteiger partial charge on any atom is 0.150 e. The van der Waals surface area contributed by atoms with Crippen molar-refractivity contribution in [1.29, 1.82) is 0 Å². The Hall–Kier alpha value is -2.25. The van der Waals surface area contributed by atoms with E-state index in [-0.39, 0.29) is 12.2 Å². The van der Waals surface area contributed by atoms with E-state index in [1.165, 1.54) is 6.07 Å². The van der Waals surface area contributed by atoms with Crippen LogP contribution in [-0.4, -0.2) is 27.5 Å². The molecule has 0 radical (unpaired) electrons. The third-order valence-electron chi connectivity index (χ3n) is 5.11. The third kappa shape index (κ3) is 2.91. The van der Waals surface area contributed by atoms with Crippen LogP contribution in [-0.2, 0) is 13.5 Å². The van der Waals surface area contributed by atoms with Crippen molar-refractivity contribution >= 4 is 10.9 Å². The summed E-state index contributed by atoms with van der Waals surface area (Å²) in [5.74, 6) is -1.11. The molecule has 4 rings (SSSR count). The molecule has 1 aliphatic rings. The maximum atomic E-state index is 14.3. The minimum atomic E-state index is -0.561. The first-order chi connectivity index (χ1) is 12.6. The van der Waals surface area contributed by atoms with Crippen molar-refractivity contribution in [3.63, 3.8) is 0 Å². The Morgan fingerprint density at radius 2 is 2.19 bits per heavy atom. The molecule has 138 valence electrons. The van der Waals surface area contributed by atoms with E-state index in [9.17, 15) is 8.78 Å². The van der Waals surface area contributed by atoms with E-state index in [2.05, 4.69) is 27.6 Å². The van der Waals surface area contributed by atoms with E-state index in [1.807, 2.05) is 13.1 Å². The number of hydrogen-bond donors (Lipinski definition) is 3. The van der Waals surface area contributed by atoms with E-state index in [1.54, 1.807) is 10.9 Å². The van der Waals surface area contributed by atoms with Gasteiger partial charge in [0.05, 0.1) is 23.4 Å². The molecule has 7 heteroatoms. The predicted molar refractivity (Wildman–Crippen MR) is 96.8 cm³/mol. The second kappa shape index (κ2) is 6.81. The largest absolute Gasteiger partial charge is 0.354 e. The fraction of sp³-hybridized carbons (Fsp3) is 0.421. The maximum absolute atomic E-state index is 14.3. The molecule has 3 aromatic rings. The number of fused-ring (bicyclic) bond motifs is 3. The Morgan fingerprint density at radius 1 is 1.35 bits per heavy atom.